The van der Waals surface area contributed by atoms with Crippen molar-refractivity contribution in [1.82, 2.24) is 4.57 Å². The fraction of sp³-hybridized carbons (Fsp3) is 0.207. The third-order valence-electron chi connectivity index (χ3n) is 6.51. The van der Waals surface area contributed by atoms with Crippen LogP contribution >= 0.6 is 11.3 Å². The summed E-state index contributed by atoms with van der Waals surface area (Å²) < 4.78 is 13.2. The van der Waals surface area contributed by atoms with E-state index in [1.165, 1.54) is 28.0 Å². The number of nitro groups is 1. The Morgan fingerprint density at radius 1 is 1.15 bits per heavy atom. The van der Waals surface area contributed by atoms with Crippen molar-refractivity contribution >= 4 is 29.1 Å². The second kappa shape index (κ2) is 10.3. The van der Waals surface area contributed by atoms with Gasteiger partial charge in [-0.1, -0.05) is 47.2 Å². The molecule has 2 aromatic heterocycles. The highest BCUT2D eigenvalue weighted by Gasteiger charge is 2.33. The third kappa shape index (κ3) is 4.86. The van der Waals surface area contributed by atoms with E-state index in [9.17, 15) is 19.7 Å². The Kier molecular flexibility index (Phi) is 6.88. The number of nitrogens with zero attached hydrogens (tertiary/aromatic N) is 3. The minimum atomic E-state index is -0.692. The summed E-state index contributed by atoms with van der Waals surface area (Å²) in [6, 6.07) is 15.0. The van der Waals surface area contributed by atoms with E-state index in [0.29, 0.717) is 37.7 Å². The van der Waals surface area contributed by atoms with Crippen LogP contribution in [0.2, 0.25) is 0 Å². The maximum absolute atomic E-state index is 13.7. The van der Waals surface area contributed by atoms with E-state index in [0.717, 1.165) is 16.7 Å². The lowest BCUT2D eigenvalue weighted by atomic mass is 9.95. The fourth-order valence-electron chi connectivity index (χ4n) is 4.55. The van der Waals surface area contributed by atoms with Crippen molar-refractivity contribution in [2.75, 3.05) is 6.61 Å². The number of rotatable bonds is 6. The minimum Gasteiger partial charge on any atom is -0.463 e. The quantitative estimate of drug-likeness (QED) is 0.200. The van der Waals surface area contributed by atoms with Crippen molar-refractivity contribution in [3.63, 3.8) is 0 Å². The van der Waals surface area contributed by atoms with Gasteiger partial charge in [0.1, 0.15) is 11.5 Å². The minimum absolute atomic E-state index is 0.0364. The van der Waals surface area contributed by atoms with E-state index in [2.05, 4.69) is 4.99 Å². The van der Waals surface area contributed by atoms with Crippen LogP contribution in [0, 0.1) is 24.0 Å². The summed E-state index contributed by atoms with van der Waals surface area (Å²) in [5.41, 5.74) is 3.70. The maximum Gasteiger partial charge on any atom is 0.338 e. The second-order valence-corrected chi connectivity index (χ2v) is 10.2. The Balaban J connectivity index is 1.62. The average Bonchev–Trinajstić information content (AvgIpc) is 3.48. The molecule has 0 N–H and O–H groups in total. The fourth-order valence-corrected chi connectivity index (χ4v) is 5.58. The van der Waals surface area contributed by atoms with Crippen molar-refractivity contribution in [3.05, 3.63) is 118 Å². The summed E-state index contributed by atoms with van der Waals surface area (Å²) >= 11 is 1.20. The SMILES string of the molecule is CCOC(=O)C1=C(C)N=c2s/c(=C\c3ccc(-c4cc([N+](=O)[O-])ccc4C)o3)c(=O)n2[C@H]1c1ccc(C)cc1. The van der Waals surface area contributed by atoms with E-state index < -0.39 is 16.9 Å². The van der Waals surface area contributed by atoms with E-state index in [4.69, 9.17) is 9.15 Å². The first kappa shape index (κ1) is 26.1. The molecular weight excluding hydrogens is 518 g/mol. The van der Waals surface area contributed by atoms with Crippen LogP contribution in [0.5, 0.6) is 0 Å². The number of nitro benzene ring substituents is 1. The molecule has 1 atom stereocenters. The number of esters is 1. The van der Waals surface area contributed by atoms with Gasteiger partial charge in [-0.05, 0) is 51.0 Å². The maximum atomic E-state index is 13.7. The van der Waals surface area contributed by atoms with Gasteiger partial charge in [-0.2, -0.15) is 0 Å². The number of aromatic nitrogens is 1. The molecule has 0 saturated heterocycles. The number of allylic oxidation sites excluding steroid dienone is 1. The molecule has 0 amide bonds. The molecular formula is C29H25N3O6S. The molecule has 0 aliphatic carbocycles. The molecule has 198 valence electrons. The lowest BCUT2D eigenvalue weighted by Crippen LogP contribution is -2.39. The summed E-state index contributed by atoms with van der Waals surface area (Å²) in [7, 11) is 0. The largest absolute Gasteiger partial charge is 0.463 e. The molecule has 9 nitrogen and oxygen atoms in total. The average molecular weight is 544 g/mol. The zero-order valence-electron chi connectivity index (χ0n) is 21.8. The van der Waals surface area contributed by atoms with Crippen molar-refractivity contribution < 1.29 is 18.9 Å². The highest BCUT2D eigenvalue weighted by molar-refractivity contribution is 7.07. The summed E-state index contributed by atoms with van der Waals surface area (Å²) in [6.07, 6.45) is 1.62. The molecule has 5 rings (SSSR count). The molecule has 0 saturated carbocycles. The smallest absolute Gasteiger partial charge is 0.338 e. The van der Waals surface area contributed by atoms with Crippen LogP contribution in [-0.4, -0.2) is 22.1 Å². The summed E-state index contributed by atoms with van der Waals surface area (Å²) in [4.78, 5) is 42.6. The number of aryl methyl sites for hydroxylation is 2. The van der Waals surface area contributed by atoms with E-state index >= 15 is 0 Å². The Labute approximate surface area is 227 Å². The molecule has 1 aliphatic rings. The first-order valence-corrected chi connectivity index (χ1v) is 13.1. The molecule has 4 aromatic rings. The van der Waals surface area contributed by atoms with Crippen LogP contribution in [0.15, 0.2) is 80.1 Å². The van der Waals surface area contributed by atoms with Gasteiger partial charge >= 0.3 is 5.97 Å². The van der Waals surface area contributed by atoms with Crippen molar-refractivity contribution in [2.45, 2.75) is 33.7 Å². The molecule has 3 heterocycles. The Morgan fingerprint density at radius 3 is 2.59 bits per heavy atom. The van der Waals surface area contributed by atoms with Crippen LogP contribution in [0.1, 0.15) is 42.3 Å². The summed E-state index contributed by atoms with van der Waals surface area (Å²) in [5, 5.41) is 11.2. The van der Waals surface area contributed by atoms with Crippen LogP contribution in [-0.2, 0) is 9.53 Å². The number of benzene rings is 2. The molecule has 0 fully saturated rings. The van der Waals surface area contributed by atoms with Crippen LogP contribution < -0.4 is 14.9 Å². The first-order valence-electron chi connectivity index (χ1n) is 12.3. The first-order chi connectivity index (χ1) is 18.7. The Bertz CT molecular complexity index is 1830. The molecule has 0 unspecified atom stereocenters. The monoisotopic (exact) mass is 543 g/mol. The predicted octanol–water partition coefficient (Wildman–Crippen LogP) is 4.58. The second-order valence-electron chi connectivity index (χ2n) is 9.17. The zero-order chi connectivity index (χ0) is 27.8. The van der Waals surface area contributed by atoms with Gasteiger partial charge in [0.2, 0.25) is 0 Å². The van der Waals surface area contributed by atoms with Crippen LogP contribution in [0.4, 0.5) is 5.69 Å². The van der Waals surface area contributed by atoms with Gasteiger partial charge in [-0.25, -0.2) is 9.79 Å². The number of ether oxygens (including phenoxy) is 1. The lowest BCUT2D eigenvalue weighted by Gasteiger charge is -2.24. The van der Waals surface area contributed by atoms with Gasteiger partial charge in [0.15, 0.2) is 4.80 Å². The third-order valence-corrected chi connectivity index (χ3v) is 7.49. The van der Waals surface area contributed by atoms with E-state index in [1.54, 1.807) is 38.1 Å². The molecule has 1 aliphatic heterocycles. The van der Waals surface area contributed by atoms with Crippen molar-refractivity contribution in [2.24, 2.45) is 4.99 Å². The molecule has 10 heteroatoms. The zero-order valence-corrected chi connectivity index (χ0v) is 22.6. The van der Waals surface area contributed by atoms with Gasteiger partial charge in [0.05, 0.1) is 33.4 Å². The van der Waals surface area contributed by atoms with Crippen molar-refractivity contribution in [3.8, 4) is 11.3 Å². The Hall–Kier alpha value is -4.57. The molecule has 2 aromatic carbocycles. The normalized spacial score (nSPS) is 15.2. The van der Waals surface area contributed by atoms with Gasteiger partial charge in [-0.15, -0.1) is 0 Å². The summed E-state index contributed by atoms with van der Waals surface area (Å²) in [6.45, 7) is 7.48. The van der Waals surface area contributed by atoms with Crippen molar-refractivity contribution in [1.29, 1.82) is 0 Å². The topological polar surface area (TPSA) is 117 Å². The standard InChI is InChI=1S/C29H25N3O6S/c1-5-37-28(34)25-18(4)30-29-31(26(25)19-9-6-16(2)7-10-19)27(33)24(39-29)15-21-12-13-23(38-21)22-14-20(32(35)36)11-8-17(22)3/h6-15,26H,5H2,1-4H3/b24-15-/t26-/m0/s1. The number of carbonyl (C=O) groups is 1. The highest BCUT2D eigenvalue weighted by atomic mass is 32.1. The van der Waals surface area contributed by atoms with Crippen LogP contribution in [0.25, 0.3) is 17.4 Å². The predicted molar refractivity (Wildman–Crippen MR) is 147 cm³/mol. The van der Waals surface area contributed by atoms with Gasteiger partial charge in [-0.3, -0.25) is 19.5 Å². The number of thiazole rings is 1. The number of hydrogen-bond acceptors (Lipinski definition) is 8. The van der Waals surface area contributed by atoms with E-state index in [1.807, 2.05) is 38.1 Å². The van der Waals surface area contributed by atoms with Gasteiger partial charge in [0, 0.05) is 23.8 Å². The number of furan rings is 1. The summed E-state index contributed by atoms with van der Waals surface area (Å²) in [5.74, 6) is 0.351. The number of fused-ring (bicyclic) bond motifs is 1. The van der Waals surface area contributed by atoms with Gasteiger partial charge < -0.3 is 9.15 Å². The number of non-ortho nitro benzene ring substituents is 1. The lowest BCUT2D eigenvalue weighted by molar-refractivity contribution is -0.384. The number of hydrogen-bond donors (Lipinski definition) is 0. The molecule has 39 heavy (non-hydrogen) atoms. The highest BCUT2D eigenvalue weighted by Crippen LogP contribution is 2.31. The van der Waals surface area contributed by atoms with Gasteiger partial charge in [0.25, 0.3) is 11.2 Å². The Morgan fingerprint density at radius 2 is 1.90 bits per heavy atom. The molecule has 0 spiro atoms. The van der Waals surface area contributed by atoms with Crippen LogP contribution in [0.3, 0.4) is 0 Å². The molecule has 0 bridgehead atoms. The number of carbonyl (C=O) groups excluding carboxylic acids is 1. The molecule has 0 radical (unpaired) electrons. The van der Waals surface area contributed by atoms with E-state index in [-0.39, 0.29) is 17.9 Å².